The Hall–Kier alpha value is -0.0800. The fourth-order valence-electron chi connectivity index (χ4n) is 2.66. The highest BCUT2D eigenvalue weighted by Crippen LogP contribution is 2.34. The summed E-state index contributed by atoms with van der Waals surface area (Å²) in [5.41, 5.74) is 0.312. The normalized spacial score (nSPS) is 41.1. The van der Waals surface area contributed by atoms with E-state index in [2.05, 4.69) is 32.6 Å². The highest BCUT2D eigenvalue weighted by molar-refractivity contribution is 4.95. The lowest BCUT2D eigenvalue weighted by atomic mass is 9.84. The molecule has 0 N–H and O–H groups in total. The van der Waals surface area contributed by atoms with E-state index >= 15 is 0 Å². The lowest BCUT2D eigenvalue weighted by molar-refractivity contribution is -0.157. The molecule has 3 aliphatic heterocycles. The van der Waals surface area contributed by atoms with Gasteiger partial charge in [-0.05, 0) is 33.1 Å². The first-order valence-corrected chi connectivity index (χ1v) is 5.37. The molecule has 2 nitrogen and oxygen atoms in total. The third-order valence-electron chi connectivity index (χ3n) is 3.46. The topological polar surface area (TPSA) is 12.5 Å². The molecule has 0 aromatic rings. The summed E-state index contributed by atoms with van der Waals surface area (Å²) in [4.78, 5) is 2.61. The van der Waals surface area contributed by atoms with Crippen LogP contribution in [0.2, 0.25) is 0 Å². The van der Waals surface area contributed by atoms with Crippen molar-refractivity contribution in [3.63, 3.8) is 0 Å². The van der Waals surface area contributed by atoms with Crippen LogP contribution < -0.4 is 0 Å². The lowest BCUT2D eigenvalue weighted by Crippen LogP contribution is -2.63. The fourth-order valence-corrected chi connectivity index (χ4v) is 2.66. The van der Waals surface area contributed by atoms with E-state index in [1.54, 1.807) is 0 Å². The molecule has 13 heavy (non-hydrogen) atoms. The van der Waals surface area contributed by atoms with E-state index in [0.717, 1.165) is 19.1 Å². The van der Waals surface area contributed by atoms with Crippen molar-refractivity contribution in [3.05, 3.63) is 0 Å². The van der Waals surface area contributed by atoms with Gasteiger partial charge in [-0.2, -0.15) is 0 Å². The Labute approximate surface area is 81.3 Å². The Morgan fingerprint density at radius 3 is 2.38 bits per heavy atom. The standard InChI is InChI=1S/C11H21NO/c1-8-5-9-7-13-10(8)6-12(9)11(2,3)4/h8-10H,5-7H2,1-4H3/t8-,9+,10-/m1/s1. The van der Waals surface area contributed by atoms with Gasteiger partial charge in [0.15, 0.2) is 0 Å². The van der Waals surface area contributed by atoms with E-state index in [-0.39, 0.29) is 0 Å². The summed E-state index contributed by atoms with van der Waals surface area (Å²) in [5, 5.41) is 0. The van der Waals surface area contributed by atoms with Gasteiger partial charge >= 0.3 is 0 Å². The van der Waals surface area contributed by atoms with Crippen LogP contribution in [0.5, 0.6) is 0 Å². The van der Waals surface area contributed by atoms with Crippen LogP contribution in [-0.2, 0) is 4.74 Å². The van der Waals surface area contributed by atoms with Crippen molar-refractivity contribution in [2.24, 2.45) is 5.92 Å². The quantitative estimate of drug-likeness (QED) is 0.568. The summed E-state index contributed by atoms with van der Waals surface area (Å²) in [6.45, 7) is 11.3. The van der Waals surface area contributed by atoms with Gasteiger partial charge in [-0.15, -0.1) is 0 Å². The molecule has 2 bridgehead atoms. The van der Waals surface area contributed by atoms with Crippen LogP contribution in [0.1, 0.15) is 34.1 Å². The van der Waals surface area contributed by atoms with Crippen molar-refractivity contribution >= 4 is 0 Å². The van der Waals surface area contributed by atoms with Crippen molar-refractivity contribution in [2.75, 3.05) is 13.2 Å². The summed E-state index contributed by atoms with van der Waals surface area (Å²) in [5.74, 6) is 0.761. The molecule has 0 spiro atoms. The molecule has 0 radical (unpaired) electrons. The maximum Gasteiger partial charge on any atom is 0.0729 e. The van der Waals surface area contributed by atoms with Crippen LogP contribution in [0.15, 0.2) is 0 Å². The first-order valence-electron chi connectivity index (χ1n) is 5.37. The molecular formula is C11H21NO. The molecule has 3 heterocycles. The minimum Gasteiger partial charge on any atom is -0.375 e. The predicted molar refractivity (Wildman–Crippen MR) is 53.8 cm³/mol. The van der Waals surface area contributed by atoms with Crippen molar-refractivity contribution in [3.8, 4) is 0 Å². The van der Waals surface area contributed by atoms with E-state index in [1.165, 1.54) is 6.42 Å². The molecule has 0 aromatic carbocycles. The summed E-state index contributed by atoms with van der Waals surface area (Å²) in [7, 11) is 0. The van der Waals surface area contributed by atoms with Crippen LogP contribution in [0.4, 0.5) is 0 Å². The van der Waals surface area contributed by atoms with Gasteiger partial charge < -0.3 is 4.74 Å². The third kappa shape index (κ3) is 1.62. The third-order valence-corrected chi connectivity index (χ3v) is 3.46. The molecule has 3 rings (SSSR count). The Bertz CT molecular complexity index is 197. The highest BCUT2D eigenvalue weighted by Gasteiger charge is 2.42. The van der Waals surface area contributed by atoms with Crippen LogP contribution >= 0.6 is 0 Å². The zero-order chi connectivity index (χ0) is 9.64. The number of rotatable bonds is 0. The Morgan fingerprint density at radius 1 is 1.31 bits per heavy atom. The van der Waals surface area contributed by atoms with Crippen molar-refractivity contribution in [2.45, 2.75) is 51.8 Å². The van der Waals surface area contributed by atoms with E-state index in [9.17, 15) is 0 Å². The Morgan fingerprint density at radius 2 is 2.00 bits per heavy atom. The van der Waals surface area contributed by atoms with Gasteiger partial charge in [0.2, 0.25) is 0 Å². The van der Waals surface area contributed by atoms with Gasteiger partial charge in [-0.1, -0.05) is 6.92 Å². The molecule has 0 amide bonds. The molecule has 3 saturated heterocycles. The minimum atomic E-state index is 0.312. The molecular weight excluding hydrogens is 162 g/mol. The molecule has 0 aromatic heterocycles. The smallest absolute Gasteiger partial charge is 0.0729 e. The van der Waals surface area contributed by atoms with Crippen LogP contribution in [0.3, 0.4) is 0 Å². The second kappa shape index (κ2) is 2.96. The second-order valence-electron chi connectivity index (χ2n) is 5.56. The zero-order valence-electron chi connectivity index (χ0n) is 9.21. The molecule has 3 aliphatic rings. The largest absolute Gasteiger partial charge is 0.375 e. The summed E-state index contributed by atoms with van der Waals surface area (Å²) in [6.07, 6.45) is 1.81. The van der Waals surface area contributed by atoms with E-state index in [4.69, 9.17) is 4.74 Å². The molecule has 3 fully saturated rings. The minimum absolute atomic E-state index is 0.312. The van der Waals surface area contributed by atoms with E-state index in [0.29, 0.717) is 17.7 Å². The number of nitrogens with zero attached hydrogens (tertiary/aromatic N) is 1. The average molecular weight is 183 g/mol. The number of piperidine rings is 1. The number of morpholine rings is 1. The Balaban J connectivity index is 2.11. The first-order chi connectivity index (χ1) is 5.98. The van der Waals surface area contributed by atoms with Gasteiger partial charge in [-0.25, -0.2) is 0 Å². The molecule has 0 unspecified atom stereocenters. The number of ether oxygens (including phenoxy) is 1. The van der Waals surface area contributed by atoms with Crippen LogP contribution in [-0.4, -0.2) is 35.7 Å². The number of hydrogen-bond acceptors (Lipinski definition) is 2. The molecule has 0 saturated carbocycles. The predicted octanol–water partition coefficient (Wildman–Crippen LogP) is 1.89. The number of fused-ring (bicyclic) bond motifs is 3. The zero-order valence-corrected chi connectivity index (χ0v) is 9.21. The van der Waals surface area contributed by atoms with Gasteiger partial charge in [0.25, 0.3) is 0 Å². The monoisotopic (exact) mass is 183 g/mol. The maximum atomic E-state index is 5.77. The van der Waals surface area contributed by atoms with E-state index < -0.39 is 0 Å². The Kier molecular flexibility index (Phi) is 2.16. The summed E-state index contributed by atoms with van der Waals surface area (Å²) < 4.78 is 5.77. The van der Waals surface area contributed by atoms with Crippen LogP contribution in [0, 0.1) is 5.92 Å². The van der Waals surface area contributed by atoms with Gasteiger partial charge in [0, 0.05) is 18.1 Å². The van der Waals surface area contributed by atoms with E-state index in [1.807, 2.05) is 0 Å². The molecule has 76 valence electrons. The molecule has 2 heteroatoms. The first kappa shape index (κ1) is 9.47. The summed E-state index contributed by atoms with van der Waals surface area (Å²) in [6, 6.07) is 0.667. The van der Waals surface area contributed by atoms with Crippen molar-refractivity contribution < 1.29 is 4.74 Å². The van der Waals surface area contributed by atoms with Gasteiger partial charge in [0.1, 0.15) is 0 Å². The SMILES string of the molecule is C[C@@H]1C[C@H]2CO[C@@H]1CN2C(C)(C)C. The lowest BCUT2D eigenvalue weighted by Gasteiger charge is -2.53. The summed E-state index contributed by atoms with van der Waals surface area (Å²) >= 11 is 0. The molecule has 3 atom stereocenters. The highest BCUT2D eigenvalue weighted by atomic mass is 16.5. The van der Waals surface area contributed by atoms with Crippen LogP contribution in [0.25, 0.3) is 0 Å². The maximum absolute atomic E-state index is 5.77. The molecule has 0 aliphatic carbocycles. The average Bonchev–Trinajstić information content (AvgIpc) is 2.03. The van der Waals surface area contributed by atoms with Crippen molar-refractivity contribution in [1.82, 2.24) is 4.90 Å². The number of hydrogen-bond donors (Lipinski definition) is 0. The fraction of sp³-hybridized carbons (Fsp3) is 1.00. The second-order valence-corrected chi connectivity index (χ2v) is 5.56. The van der Waals surface area contributed by atoms with Gasteiger partial charge in [-0.3, -0.25) is 4.90 Å². The van der Waals surface area contributed by atoms with Crippen molar-refractivity contribution in [1.29, 1.82) is 0 Å². The van der Waals surface area contributed by atoms with Gasteiger partial charge in [0.05, 0.1) is 12.7 Å².